The molecule has 0 bridgehead atoms. The highest BCUT2D eigenvalue weighted by atomic mass is 19.1. The summed E-state index contributed by atoms with van der Waals surface area (Å²) in [5.41, 5.74) is 4.31. The van der Waals surface area contributed by atoms with E-state index in [9.17, 15) is 14.3 Å². The zero-order chi connectivity index (χ0) is 22.8. The van der Waals surface area contributed by atoms with E-state index >= 15 is 0 Å². The Kier molecular flexibility index (Phi) is 6.90. The summed E-state index contributed by atoms with van der Waals surface area (Å²) >= 11 is 0. The zero-order valence-corrected chi connectivity index (χ0v) is 19.0. The van der Waals surface area contributed by atoms with E-state index in [-0.39, 0.29) is 5.83 Å². The molecule has 1 aromatic carbocycles. The summed E-state index contributed by atoms with van der Waals surface area (Å²) in [6.07, 6.45) is 3.15. The van der Waals surface area contributed by atoms with E-state index in [4.69, 9.17) is 9.47 Å². The maximum absolute atomic E-state index is 14.0. The maximum atomic E-state index is 14.0. The van der Waals surface area contributed by atoms with Gasteiger partial charge >= 0.3 is 5.97 Å². The highest BCUT2D eigenvalue weighted by Gasteiger charge is 2.32. The Morgan fingerprint density at radius 2 is 2.00 bits per heavy atom. The molecule has 2 aliphatic rings. The molecule has 0 radical (unpaired) electrons. The minimum Gasteiger partial charge on any atom is -0.497 e. The second-order valence-corrected chi connectivity index (χ2v) is 8.96. The molecule has 2 aliphatic heterocycles. The number of aliphatic carboxylic acids is 1. The van der Waals surface area contributed by atoms with Crippen LogP contribution in [0.2, 0.25) is 0 Å². The Balaban J connectivity index is 2.01. The van der Waals surface area contributed by atoms with Crippen molar-refractivity contribution in [2.75, 3.05) is 26.7 Å². The van der Waals surface area contributed by atoms with Crippen LogP contribution < -0.4 is 4.74 Å². The number of hydrogen-bond donors (Lipinski definition) is 1. The minimum atomic E-state index is -0.792. The number of piperidine rings is 1. The molecule has 2 heterocycles. The van der Waals surface area contributed by atoms with Crippen molar-refractivity contribution >= 4 is 11.5 Å². The van der Waals surface area contributed by atoms with Crippen LogP contribution >= 0.6 is 0 Å². The van der Waals surface area contributed by atoms with Crippen molar-refractivity contribution in [1.29, 1.82) is 0 Å². The number of benzene rings is 1. The number of ether oxygens (including phenoxy) is 2. The molecule has 0 aromatic heterocycles. The lowest BCUT2D eigenvalue weighted by Gasteiger charge is -2.34. The molecular weight excluding hydrogens is 397 g/mol. The smallest absolute Gasteiger partial charge is 0.310 e. The number of carboxylic acid groups (broad SMARTS) is 1. The third-order valence-electron chi connectivity index (χ3n) is 6.03. The molecule has 1 saturated heterocycles. The van der Waals surface area contributed by atoms with E-state index in [1.54, 1.807) is 27.0 Å². The van der Waals surface area contributed by atoms with Gasteiger partial charge in [0.15, 0.2) is 0 Å². The standard InChI is InChI=1S/C25H32FNO4/c1-16(26)12-22-17(2)31-14-19-13-20(30-5)6-7-21(19)23(22)18-8-10-27(11-9-18)15-25(3,4)24(28)29/h6-7,12-13H,8-11,14-15H2,1-5H3,(H,28,29)/b16-12+. The lowest BCUT2D eigenvalue weighted by atomic mass is 9.85. The van der Waals surface area contributed by atoms with Gasteiger partial charge in [-0.15, -0.1) is 0 Å². The van der Waals surface area contributed by atoms with E-state index in [1.807, 2.05) is 25.1 Å². The first kappa shape index (κ1) is 23.1. The number of likely N-dealkylation sites (tertiary alicyclic amines) is 1. The van der Waals surface area contributed by atoms with Crippen molar-refractivity contribution in [3.63, 3.8) is 0 Å². The molecule has 1 N–H and O–H groups in total. The number of methoxy groups -OCH3 is 1. The van der Waals surface area contributed by atoms with Crippen LogP contribution in [0.3, 0.4) is 0 Å². The number of fused-ring (bicyclic) bond motifs is 1. The van der Waals surface area contributed by atoms with Crippen LogP contribution in [0.25, 0.3) is 5.57 Å². The number of allylic oxidation sites excluding steroid dienone is 5. The largest absolute Gasteiger partial charge is 0.497 e. The van der Waals surface area contributed by atoms with Crippen LogP contribution in [-0.2, 0) is 16.1 Å². The molecule has 168 valence electrons. The highest BCUT2D eigenvalue weighted by molar-refractivity contribution is 5.87. The van der Waals surface area contributed by atoms with E-state index < -0.39 is 11.4 Å². The molecule has 0 atom stereocenters. The summed E-state index contributed by atoms with van der Waals surface area (Å²) < 4.78 is 25.4. The predicted molar refractivity (Wildman–Crippen MR) is 119 cm³/mol. The molecule has 0 aliphatic carbocycles. The number of hydrogen-bond acceptors (Lipinski definition) is 4. The van der Waals surface area contributed by atoms with Gasteiger partial charge < -0.3 is 19.5 Å². The Morgan fingerprint density at radius 1 is 1.32 bits per heavy atom. The van der Waals surface area contributed by atoms with Gasteiger partial charge in [-0.25, -0.2) is 4.39 Å². The molecule has 0 amide bonds. The second-order valence-electron chi connectivity index (χ2n) is 8.96. The van der Waals surface area contributed by atoms with E-state index in [1.165, 1.54) is 12.5 Å². The number of carboxylic acids is 1. The lowest BCUT2D eigenvalue weighted by Crippen LogP contribution is -2.42. The van der Waals surface area contributed by atoms with Crippen LogP contribution in [0.1, 0.15) is 51.7 Å². The summed E-state index contributed by atoms with van der Waals surface area (Å²) in [6, 6.07) is 5.93. The number of halogens is 1. The first-order valence-corrected chi connectivity index (χ1v) is 10.7. The van der Waals surface area contributed by atoms with Crippen LogP contribution in [0.15, 0.2) is 47.0 Å². The summed E-state index contributed by atoms with van der Waals surface area (Å²) in [7, 11) is 1.64. The normalized spacial score (nSPS) is 18.5. The van der Waals surface area contributed by atoms with Crippen molar-refractivity contribution in [3.8, 4) is 5.75 Å². The number of rotatable bonds is 5. The Bertz CT molecular complexity index is 944. The topological polar surface area (TPSA) is 59.0 Å². The fraction of sp³-hybridized carbons (Fsp3) is 0.480. The second kappa shape index (κ2) is 9.27. The minimum absolute atomic E-state index is 0.270. The van der Waals surface area contributed by atoms with Crippen molar-refractivity contribution < 1.29 is 23.8 Å². The molecule has 0 saturated carbocycles. The molecule has 3 rings (SSSR count). The number of carbonyl (C=O) groups is 1. The van der Waals surface area contributed by atoms with Gasteiger partial charge in [0.05, 0.1) is 18.4 Å². The molecule has 0 spiro atoms. The first-order chi connectivity index (χ1) is 14.6. The third kappa shape index (κ3) is 5.18. The van der Waals surface area contributed by atoms with Crippen LogP contribution in [0.5, 0.6) is 5.75 Å². The van der Waals surface area contributed by atoms with E-state index in [0.717, 1.165) is 54.0 Å². The molecular formula is C25H32FNO4. The molecule has 5 nitrogen and oxygen atoms in total. The highest BCUT2D eigenvalue weighted by Crippen LogP contribution is 2.40. The molecule has 6 heteroatoms. The van der Waals surface area contributed by atoms with Crippen LogP contribution in [-0.4, -0.2) is 42.7 Å². The fourth-order valence-electron chi connectivity index (χ4n) is 4.26. The first-order valence-electron chi connectivity index (χ1n) is 10.7. The van der Waals surface area contributed by atoms with Crippen molar-refractivity contribution in [3.05, 3.63) is 58.1 Å². The number of nitrogens with zero attached hydrogens (tertiary/aromatic N) is 1. The Morgan fingerprint density at radius 3 is 2.58 bits per heavy atom. The van der Waals surface area contributed by atoms with E-state index in [0.29, 0.717) is 18.9 Å². The van der Waals surface area contributed by atoms with Gasteiger partial charge in [0.25, 0.3) is 0 Å². The quantitative estimate of drug-likeness (QED) is 0.685. The van der Waals surface area contributed by atoms with Gasteiger partial charge in [-0.2, -0.15) is 0 Å². The van der Waals surface area contributed by atoms with Crippen LogP contribution in [0.4, 0.5) is 4.39 Å². The van der Waals surface area contributed by atoms with Gasteiger partial charge in [-0.3, -0.25) is 4.79 Å². The van der Waals surface area contributed by atoms with Gasteiger partial charge in [-0.05, 0) is 69.9 Å². The summed E-state index contributed by atoms with van der Waals surface area (Å²) in [5.74, 6) is 0.401. The van der Waals surface area contributed by atoms with Gasteiger partial charge in [0.1, 0.15) is 18.1 Å². The van der Waals surface area contributed by atoms with Crippen molar-refractivity contribution in [1.82, 2.24) is 4.90 Å². The monoisotopic (exact) mass is 429 g/mol. The van der Waals surface area contributed by atoms with E-state index in [2.05, 4.69) is 4.90 Å². The summed E-state index contributed by atoms with van der Waals surface area (Å²) in [6.45, 7) is 9.29. The Hall–Kier alpha value is -2.60. The molecule has 1 aromatic rings. The zero-order valence-electron chi connectivity index (χ0n) is 19.0. The maximum Gasteiger partial charge on any atom is 0.310 e. The fourth-order valence-corrected chi connectivity index (χ4v) is 4.26. The molecule has 31 heavy (non-hydrogen) atoms. The molecule has 1 fully saturated rings. The third-order valence-corrected chi connectivity index (χ3v) is 6.03. The predicted octanol–water partition coefficient (Wildman–Crippen LogP) is 5.33. The van der Waals surface area contributed by atoms with Gasteiger partial charge in [0, 0.05) is 30.8 Å². The lowest BCUT2D eigenvalue weighted by molar-refractivity contribution is -0.148. The average molecular weight is 430 g/mol. The molecule has 0 unspecified atom stereocenters. The van der Waals surface area contributed by atoms with Crippen molar-refractivity contribution in [2.24, 2.45) is 5.41 Å². The average Bonchev–Trinajstić information content (AvgIpc) is 2.84. The summed E-state index contributed by atoms with van der Waals surface area (Å²) in [5, 5.41) is 9.45. The van der Waals surface area contributed by atoms with Crippen LogP contribution in [0, 0.1) is 5.41 Å². The summed E-state index contributed by atoms with van der Waals surface area (Å²) in [4.78, 5) is 13.7. The van der Waals surface area contributed by atoms with Gasteiger partial charge in [0.2, 0.25) is 0 Å². The Labute approximate surface area is 183 Å². The van der Waals surface area contributed by atoms with Crippen molar-refractivity contribution in [2.45, 2.75) is 47.1 Å². The SMILES string of the molecule is COc1ccc2c(c1)COC(C)=C(/C=C(\C)F)C2=C1CCN(CC(C)(C)C(=O)O)CC1. The van der Waals surface area contributed by atoms with Gasteiger partial charge in [-0.1, -0.05) is 11.6 Å².